The maximum absolute atomic E-state index is 13.4. The lowest BCUT2D eigenvalue weighted by molar-refractivity contribution is 0.0587. The summed E-state index contributed by atoms with van der Waals surface area (Å²) in [4.78, 5) is 17.6. The lowest BCUT2D eigenvalue weighted by Gasteiger charge is -2.34. The Morgan fingerprint density at radius 1 is 1.03 bits per heavy atom. The van der Waals surface area contributed by atoms with E-state index in [1.807, 2.05) is 60.0 Å². The first-order valence-electron chi connectivity index (χ1n) is 11.7. The molecule has 1 fully saturated rings. The molecule has 3 heterocycles. The predicted octanol–water partition coefficient (Wildman–Crippen LogP) is 4.21. The largest absolute Gasteiger partial charge is 0.456 e. The number of ether oxygens (including phenoxy) is 1. The topological polar surface area (TPSA) is 63.7 Å². The van der Waals surface area contributed by atoms with E-state index in [0.29, 0.717) is 25.4 Å². The number of furan rings is 1. The monoisotopic (exact) mass is 458 g/mol. The van der Waals surface area contributed by atoms with Gasteiger partial charge in [-0.05, 0) is 19.1 Å². The van der Waals surface area contributed by atoms with Gasteiger partial charge in [-0.3, -0.25) is 14.4 Å². The van der Waals surface area contributed by atoms with Gasteiger partial charge in [-0.2, -0.15) is 5.10 Å². The summed E-state index contributed by atoms with van der Waals surface area (Å²) in [7, 11) is 3.62. The molecule has 34 heavy (non-hydrogen) atoms. The molecule has 4 aromatic rings. The number of amides is 1. The third-order valence-electron chi connectivity index (χ3n) is 6.63. The van der Waals surface area contributed by atoms with Crippen molar-refractivity contribution in [3.63, 3.8) is 0 Å². The van der Waals surface area contributed by atoms with Gasteiger partial charge in [0.2, 0.25) is 0 Å². The molecule has 7 heteroatoms. The molecule has 0 bridgehead atoms. The number of nitrogens with zero attached hydrogens (tertiary/aromatic N) is 4. The first-order chi connectivity index (χ1) is 16.6. The van der Waals surface area contributed by atoms with Crippen molar-refractivity contribution in [2.24, 2.45) is 7.05 Å². The van der Waals surface area contributed by atoms with Crippen LogP contribution in [-0.2, 0) is 11.8 Å². The Balaban J connectivity index is 1.45. The molecule has 0 aliphatic carbocycles. The van der Waals surface area contributed by atoms with Crippen molar-refractivity contribution in [2.75, 3.05) is 46.4 Å². The molecule has 1 aliphatic heterocycles. The second-order valence-corrected chi connectivity index (χ2v) is 8.77. The number of methoxy groups -OCH3 is 1. The lowest BCUT2D eigenvalue weighted by Crippen LogP contribution is -2.49. The van der Waals surface area contributed by atoms with Crippen LogP contribution < -0.4 is 0 Å². The van der Waals surface area contributed by atoms with E-state index in [9.17, 15) is 4.79 Å². The first-order valence-corrected chi connectivity index (χ1v) is 11.7. The highest BCUT2D eigenvalue weighted by Gasteiger charge is 2.28. The van der Waals surface area contributed by atoms with Gasteiger partial charge in [0.05, 0.1) is 12.3 Å². The van der Waals surface area contributed by atoms with Crippen LogP contribution in [0.4, 0.5) is 0 Å². The summed E-state index contributed by atoms with van der Waals surface area (Å²) in [6.45, 7) is 6.68. The molecule has 0 atom stereocenters. The first kappa shape index (κ1) is 22.4. The van der Waals surface area contributed by atoms with E-state index < -0.39 is 0 Å². The minimum absolute atomic E-state index is 0.00744. The minimum atomic E-state index is -0.00744. The number of aryl methyl sites for hydroxylation is 1. The molecule has 0 spiro atoms. The number of aromatic nitrogens is 2. The van der Waals surface area contributed by atoms with Crippen LogP contribution in [0.5, 0.6) is 0 Å². The van der Waals surface area contributed by atoms with Crippen molar-refractivity contribution < 1.29 is 13.9 Å². The van der Waals surface area contributed by atoms with E-state index in [0.717, 1.165) is 58.7 Å². The van der Waals surface area contributed by atoms with Crippen molar-refractivity contribution >= 4 is 16.9 Å². The zero-order chi connectivity index (χ0) is 23.7. The van der Waals surface area contributed by atoms with Gasteiger partial charge < -0.3 is 14.1 Å². The lowest BCUT2D eigenvalue weighted by atomic mass is 9.99. The van der Waals surface area contributed by atoms with Crippen molar-refractivity contribution in [3.8, 4) is 22.6 Å². The van der Waals surface area contributed by atoms with Crippen LogP contribution in [0.2, 0.25) is 0 Å². The Kier molecular flexibility index (Phi) is 6.22. The number of para-hydroxylation sites is 1. The Bertz CT molecular complexity index is 1280. The molecule has 0 radical (unpaired) electrons. The van der Waals surface area contributed by atoms with Crippen LogP contribution >= 0.6 is 0 Å². The van der Waals surface area contributed by atoms with Crippen molar-refractivity contribution in [2.45, 2.75) is 6.92 Å². The average Bonchev–Trinajstić information content (AvgIpc) is 3.43. The predicted molar refractivity (Wildman–Crippen MR) is 133 cm³/mol. The molecule has 1 aliphatic rings. The van der Waals surface area contributed by atoms with Gasteiger partial charge in [-0.25, -0.2) is 0 Å². The van der Waals surface area contributed by atoms with Gasteiger partial charge in [0.1, 0.15) is 11.3 Å². The maximum atomic E-state index is 13.4. The van der Waals surface area contributed by atoms with Crippen molar-refractivity contribution in [3.05, 3.63) is 65.9 Å². The van der Waals surface area contributed by atoms with Gasteiger partial charge in [-0.1, -0.05) is 42.5 Å². The molecule has 2 aromatic carbocycles. The van der Waals surface area contributed by atoms with Gasteiger partial charge in [0, 0.05) is 69.0 Å². The second kappa shape index (κ2) is 9.44. The number of carbonyl (C=O) groups excluding carboxylic acids is 1. The molecule has 2 aromatic heterocycles. The van der Waals surface area contributed by atoms with Crippen LogP contribution in [0.15, 0.2) is 59.0 Å². The fourth-order valence-electron chi connectivity index (χ4n) is 4.77. The molecule has 1 amide bonds. The van der Waals surface area contributed by atoms with E-state index in [1.54, 1.807) is 7.11 Å². The fourth-order valence-corrected chi connectivity index (χ4v) is 4.77. The molecule has 0 N–H and O–H groups in total. The summed E-state index contributed by atoms with van der Waals surface area (Å²) in [6, 6.07) is 18.2. The van der Waals surface area contributed by atoms with Crippen LogP contribution in [0.1, 0.15) is 16.1 Å². The minimum Gasteiger partial charge on any atom is -0.456 e. The third kappa shape index (κ3) is 4.13. The molecule has 7 nitrogen and oxygen atoms in total. The smallest absolute Gasteiger partial charge is 0.274 e. The number of rotatable bonds is 6. The van der Waals surface area contributed by atoms with E-state index in [2.05, 4.69) is 28.2 Å². The molecule has 5 rings (SSSR count). The van der Waals surface area contributed by atoms with E-state index in [1.165, 1.54) is 0 Å². The Morgan fingerprint density at radius 2 is 1.74 bits per heavy atom. The van der Waals surface area contributed by atoms with Crippen LogP contribution in [0, 0.1) is 6.92 Å². The molecule has 0 unspecified atom stereocenters. The van der Waals surface area contributed by atoms with Gasteiger partial charge in [-0.15, -0.1) is 0 Å². The van der Waals surface area contributed by atoms with Crippen LogP contribution in [-0.4, -0.2) is 71.9 Å². The standard InChI is InChI=1S/C27H30N4O3/c1-19-25(27(32)31-14-12-30(13-15-31)16-17-33-3)28-29(2)26(19)22-10-6-5-9-21(22)24-18-20-8-4-7-11-23(20)34-24/h4-11,18H,12-17H2,1-3H3. The number of hydrogen-bond donors (Lipinski definition) is 0. The number of piperazine rings is 1. The number of carbonyl (C=O) groups is 1. The third-order valence-corrected chi connectivity index (χ3v) is 6.63. The van der Waals surface area contributed by atoms with E-state index in [4.69, 9.17) is 9.15 Å². The molecular formula is C27H30N4O3. The van der Waals surface area contributed by atoms with E-state index >= 15 is 0 Å². The highest BCUT2D eigenvalue weighted by atomic mass is 16.5. The summed E-state index contributed by atoms with van der Waals surface area (Å²) >= 11 is 0. The Labute approximate surface area is 199 Å². The zero-order valence-electron chi connectivity index (χ0n) is 20.0. The molecule has 1 saturated heterocycles. The fraction of sp³-hybridized carbons (Fsp3) is 0.333. The van der Waals surface area contributed by atoms with Crippen LogP contribution in [0.3, 0.4) is 0 Å². The van der Waals surface area contributed by atoms with Gasteiger partial charge >= 0.3 is 0 Å². The Morgan fingerprint density at radius 3 is 2.47 bits per heavy atom. The second-order valence-electron chi connectivity index (χ2n) is 8.77. The SMILES string of the molecule is COCCN1CCN(C(=O)c2nn(C)c(-c3ccccc3-c3cc4ccccc4o3)c2C)CC1. The summed E-state index contributed by atoms with van der Waals surface area (Å²) in [5.74, 6) is 0.796. The van der Waals surface area contributed by atoms with E-state index in [-0.39, 0.29) is 5.91 Å². The Hall–Kier alpha value is -3.42. The van der Waals surface area contributed by atoms with Gasteiger partial charge in [0.25, 0.3) is 5.91 Å². The molecule has 0 saturated carbocycles. The highest BCUT2D eigenvalue weighted by Crippen LogP contribution is 2.37. The summed E-state index contributed by atoms with van der Waals surface area (Å²) in [5, 5.41) is 5.73. The highest BCUT2D eigenvalue weighted by molar-refractivity contribution is 5.97. The quantitative estimate of drug-likeness (QED) is 0.433. The van der Waals surface area contributed by atoms with Crippen LogP contribution in [0.25, 0.3) is 33.6 Å². The van der Waals surface area contributed by atoms with Crippen molar-refractivity contribution in [1.82, 2.24) is 19.6 Å². The normalized spacial score (nSPS) is 14.7. The van der Waals surface area contributed by atoms with Gasteiger partial charge in [0.15, 0.2) is 5.69 Å². The van der Waals surface area contributed by atoms with Crippen molar-refractivity contribution in [1.29, 1.82) is 0 Å². The summed E-state index contributed by atoms with van der Waals surface area (Å²) < 4.78 is 13.2. The zero-order valence-corrected chi connectivity index (χ0v) is 20.0. The number of fused-ring (bicyclic) bond motifs is 1. The number of benzene rings is 2. The summed E-state index contributed by atoms with van der Waals surface area (Å²) in [6.07, 6.45) is 0. The summed E-state index contributed by atoms with van der Waals surface area (Å²) in [5.41, 5.74) is 5.17. The maximum Gasteiger partial charge on any atom is 0.274 e. The molecule has 176 valence electrons. The molecular weight excluding hydrogens is 428 g/mol. The number of hydrogen-bond acceptors (Lipinski definition) is 5. The average molecular weight is 459 g/mol.